The van der Waals surface area contributed by atoms with Crippen molar-refractivity contribution in [3.63, 3.8) is 0 Å². The van der Waals surface area contributed by atoms with Crippen molar-refractivity contribution < 1.29 is 5.11 Å². The second kappa shape index (κ2) is 8.44. The van der Waals surface area contributed by atoms with E-state index < -0.39 is 0 Å². The minimum Gasteiger partial charge on any atom is -0.396 e. The predicted octanol–water partition coefficient (Wildman–Crippen LogP) is 2.38. The summed E-state index contributed by atoms with van der Waals surface area (Å²) in [6.45, 7) is 13.2. The van der Waals surface area contributed by atoms with Gasteiger partial charge in [0.2, 0.25) is 0 Å². The van der Waals surface area contributed by atoms with Gasteiger partial charge in [0, 0.05) is 6.61 Å². The highest BCUT2D eigenvalue weighted by Gasteiger charge is 1.81. The van der Waals surface area contributed by atoms with Gasteiger partial charge in [-0.15, -0.1) is 0 Å². The molecular formula is C9H18O. The van der Waals surface area contributed by atoms with Crippen LogP contribution >= 0.6 is 0 Å². The maximum Gasteiger partial charge on any atom is 0.0453 e. The van der Waals surface area contributed by atoms with Gasteiger partial charge in [-0.2, -0.15) is 0 Å². The second-order valence-corrected chi connectivity index (χ2v) is 2.63. The molecule has 0 unspecified atom stereocenters. The normalized spacial score (nSPS) is 8.10. The molecule has 0 aromatic rings. The minimum atomic E-state index is 0.306. The van der Waals surface area contributed by atoms with Crippen molar-refractivity contribution in [1.82, 2.24) is 0 Å². The molecule has 0 saturated heterocycles. The van der Waals surface area contributed by atoms with Gasteiger partial charge in [0.05, 0.1) is 0 Å². The Labute approximate surface area is 64.1 Å². The van der Waals surface area contributed by atoms with Crippen LogP contribution in [0.4, 0.5) is 0 Å². The molecule has 0 atom stereocenters. The van der Waals surface area contributed by atoms with Gasteiger partial charge < -0.3 is 5.11 Å². The fourth-order valence-corrected chi connectivity index (χ4v) is 0. The van der Waals surface area contributed by atoms with Crippen molar-refractivity contribution in [2.75, 3.05) is 6.61 Å². The third-order valence-corrected chi connectivity index (χ3v) is 0.714. The summed E-state index contributed by atoms with van der Waals surface area (Å²) in [6.07, 6.45) is 1.72. The van der Waals surface area contributed by atoms with Gasteiger partial charge in [-0.3, -0.25) is 0 Å². The van der Waals surface area contributed by atoms with E-state index >= 15 is 0 Å². The monoisotopic (exact) mass is 142 g/mol. The fourth-order valence-electron chi connectivity index (χ4n) is 0. The third kappa shape index (κ3) is 26.1. The van der Waals surface area contributed by atoms with Crippen LogP contribution in [-0.4, -0.2) is 11.7 Å². The number of allylic oxidation sites excluding steroid dienone is 2. The Morgan fingerprint density at radius 3 is 1.80 bits per heavy atom. The van der Waals surface area contributed by atoms with Crippen molar-refractivity contribution in [2.45, 2.75) is 20.8 Å². The lowest BCUT2D eigenvalue weighted by Crippen LogP contribution is -1.90. The molecule has 0 aromatic carbocycles. The average Bonchev–Trinajstić information content (AvgIpc) is 1.89. The first-order valence-corrected chi connectivity index (χ1v) is 3.43. The van der Waals surface area contributed by atoms with Crippen molar-refractivity contribution in [2.24, 2.45) is 5.92 Å². The van der Waals surface area contributed by atoms with Crippen molar-refractivity contribution in [3.8, 4) is 0 Å². The Balaban J connectivity index is 0. The molecular weight excluding hydrogens is 124 g/mol. The average molecular weight is 142 g/mol. The van der Waals surface area contributed by atoms with Gasteiger partial charge in [-0.05, 0) is 12.8 Å². The summed E-state index contributed by atoms with van der Waals surface area (Å²) in [6, 6.07) is 0. The summed E-state index contributed by atoms with van der Waals surface area (Å²) in [5.41, 5.74) is 1.02. The molecule has 1 nitrogen and oxygen atoms in total. The van der Waals surface area contributed by atoms with Crippen LogP contribution in [0.15, 0.2) is 24.8 Å². The smallest absolute Gasteiger partial charge is 0.0453 e. The number of hydrogen-bond acceptors (Lipinski definition) is 1. The maximum atomic E-state index is 8.14. The Kier molecular flexibility index (Phi) is 10.3. The van der Waals surface area contributed by atoms with Crippen LogP contribution in [0.1, 0.15) is 20.8 Å². The molecule has 10 heavy (non-hydrogen) atoms. The first-order chi connectivity index (χ1) is 4.54. The number of aliphatic hydroxyl groups is 1. The Morgan fingerprint density at radius 2 is 1.80 bits per heavy atom. The van der Waals surface area contributed by atoms with Crippen molar-refractivity contribution in [3.05, 3.63) is 24.8 Å². The Hall–Kier alpha value is -0.560. The minimum absolute atomic E-state index is 0.306. The van der Waals surface area contributed by atoms with E-state index in [1.54, 1.807) is 6.08 Å². The van der Waals surface area contributed by atoms with E-state index in [9.17, 15) is 0 Å². The van der Waals surface area contributed by atoms with Crippen LogP contribution in [0.5, 0.6) is 0 Å². The topological polar surface area (TPSA) is 20.2 Å². The van der Waals surface area contributed by atoms with Crippen LogP contribution in [0, 0.1) is 5.92 Å². The standard InChI is InChI=1S/C5H8.C4H10O/c1-4-5(2)3;1-4(2)3-5/h4H,1-2H2,3H3;4-5H,3H2,1-2H3. The summed E-state index contributed by atoms with van der Waals surface area (Å²) < 4.78 is 0. The molecule has 0 aliphatic heterocycles. The molecule has 0 aliphatic rings. The van der Waals surface area contributed by atoms with E-state index in [-0.39, 0.29) is 0 Å². The lowest BCUT2D eigenvalue weighted by Gasteiger charge is -1.90. The van der Waals surface area contributed by atoms with Gasteiger partial charge >= 0.3 is 0 Å². The van der Waals surface area contributed by atoms with Gasteiger partial charge in [-0.25, -0.2) is 0 Å². The highest BCUT2D eigenvalue weighted by Crippen LogP contribution is 1.83. The molecule has 0 bridgehead atoms. The van der Waals surface area contributed by atoms with E-state index in [1.807, 2.05) is 20.8 Å². The molecule has 0 heterocycles. The fraction of sp³-hybridized carbons (Fsp3) is 0.556. The molecule has 0 rings (SSSR count). The zero-order chi connectivity index (χ0) is 8.57. The van der Waals surface area contributed by atoms with Gasteiger partial charge in [0.25, 0.3) is 0 Å². The van der Waals surface area contributed by atoms with Crippen LogP contribution in [0.25, 0.3) is 0 Å². The molecule has 0 amide bonds. The van der Waals surface area contributed by atoms with Crippen LogP contribution in [0.2, 0.25) is 0 Å². The van der Waals surface area contributed by atoms with E-state index in [2.05, 4.69) is 13.2 Å². The maximum absolute atomic E-state index is 8.14. The van der Waals surface area contributed by atoms with Gasteiger partial charge in [0.1, 0.15) is 0 Å². The lowest BCUT2D eigenvalue weighted by molar-refractivity contribution is 0.248. The SMILES string of the molecule is C=CC(=C)C.CC(C)CO. The first-order valence-electron chi connectivity index (χ1n) is 3.43. The molecule has 1 heteroatoms. The molecule has 60 valence electrons. The van der Waals surface area contributed by atoms with Crippen LogP contribution in [0.3, 0.4) is 0 Å². The van der Waals surface area contributed by atoms with E-state index in [1.165, 1.54) is 0 Å². The van der Waals surface area contributed by atoms with E-state index in [0.717, 1.165) is 5.57 Å². The Bertz CT molecular complexity index is 92.9. The van der Waals surface area contributed by atoms with Gasteiger partial charge in [0.15, 0.2) is 0 Å². The zero-order valence-corrected chi connectivity index (χ0v) is 7.22. The summed E-state index contributed by atoms with van der Waals surface area (Å²) in [7, 11) is 0. The predicted molar refractivity (Wildman–Crippen MR) is 46.9 cm³/mol. The Morgan fingerprint density at radius 1 is 1.60 bits per heavy atom. The molecule has 0 spiro atoms. The second-order valence-electron chi connectivity index (χ2n) is 2.63. The van der Waals surface area contributed by atoms with E-state index in [0.29, 0.717) is 12.5 Å². The van der Waals surface area contributed by atoms with E-state index in [4.69, 9.17) is 5.11 Å². The number of aliphatic hydroxyl groups excluding tert-OH is 1. The van der Waals surface area contributed by atoms with Crippen molar-refractivity contribution in [1.29, 1.82) is 0 Å². The molecule has 1 N–H and O–H groups in total. The summed E-state index contributed by atoms with van der Waals surface area (Å²) >= 11 is 0. The lowest BCUT2D eigenvalue weighted by atomic mass is 10.2. The molecule has 0 aromatic heterocycles. The van der Waals surface area contributed by atoms with Crippen LogP contribution in [-0.2, 0) is 0 Å². The summed E-state index contributed by atoms with van der Waals surface area (Å²) in [5, 5.41) is 8.14. The highest BCUT2D eigenvalue weighted by molar-refractivity contribution is 5.05. The summed E-state index contributed by atoms with van der Waals surface area (Å²) in [4.78, 5) is 0. The number of rotatable bonds is 2. The third-order valence-electron chi connectivity index (χ3n) is 0.714. The molecule has 0 aliphatic carbocycles. The quantitative estimate of drug-likeness (QED) is 0.587. The zero-order valence-electron chi connectivity index (χ0n) is 7.22. The van der Waals surface area contributed by atoms with Gasteiger partial charge in [-0.1, -0.05) is 38.7 Å². The largest absolute Gasteiger partial charge is 0.396 e. The first kappa shape index (κ1) is 12.1. The molecule has 0 saturated carbocycles. The number of hydrogen-bond donors (Lipinski definition) is 1. The highest BCUT2D eigenvalue weighted by atomic mass is 16.3. The van der Waals surface area contributed by atoms with Crippen molar-refractivity contribution >= 4 is 0 Å². The summed E-state index contributed by atoms with van der Waals surface area (Å²) in [5.74, 6) is 0.440. The molecule has 0 radical (unpaired) electrons. The van der Waals surface area contributed by atoms with Crippen LogP contribution < -0.4 is 0 Å². The molecule has 0 fully saturated rings.